The monoisotopic (exact) mass is 263 g/mol. The third-order valence-electron chi connectivity index (χ3n) is 2.33. The van der Waals surface area contributed by atoms with Crippen LogP contribution in [0, 0.1) is 5.92 Å². The standard InChI is InChI=1S/C9H14ClN3S2/c1-7-4-13(2-3-14-6-7)5-8-11-12-9(10)15-8/h7H,2-6H2,1H3. The molecule has 2 rings (SSSR count). The Hall–Kier alpha value is 0.160. The first-order valence-electron chi connectivity index (χ1n) is 5.02. The fourth-order valence-electron chi connectivity index (χ4n) is 1.69. The smallest absolute Gasteiger partial charge is 0.207 e. The van der Waals surface area contributed by atoms with Crippen molar-refractivity contribution in [3.63, 3.8) is 0 Å². The summed E-state index contributed by atoms with van der Waals surface area (Å²) in [5.41, 5.74) is 0. The number of nitrogens with zero attached hydrogens (tertiary/aromatic N) is 3. The van der Waals surface area contributed by atoms with Gasteiger partial charge >= 0.3 is 0 Å². The van der Waals surface area contributed by atoms with Gasteiger partial charge in [0.15, 0.2) is 0 Å². The number of halogens is 1. The lowest BCUT2D eigenvalue weighted by Gasteiger charge is -2.20. The fourth-order valence-corrected chi connectivity index (χ4v) is 3.67. The molecule has 1 saturated heterocycles. The van der Waals surface area contributed by atoms with E-state index in [0.717, 1.165) is 30.6 Å². The molecule has 15 heavy (non-hydrogen) atoms. The minimum atomic E-state index is 0.544. The van der Waals surface area contributed by atoms with Crippen molar-refractivity contribution in [3.05, 3.63) is 9.47 Å². The van der Waals surface area contributed by atoms with Gasteiger partial charge in [0, 0.05) is 18.8 Å². The molecule has 1 fully saturated rings. The first-order valence-corrected chi connectivity index (χ1v) is 7.37. The molecule has 0 saturated carbocycles. The zero-order chi connectivity index (χ0) is 10.7. The maximum Gasteiger partial charge on any atom is 0.207 e. The van der Waals surface area contributed by atoms with Crippen LogP contribution in [0.25, 0.3) is 0 Å². The Morgan fingerprint density at radius 3 is 3.13 bits per heavy atom. The lowest BCUT2D eigenvalue weighted by Crippen LogP contribution is -2.28. The molecular formula is C9H14ClN3S2. The number of hydrogen-bond donors (Lipinski definition) is 0. The summed E-state index contributed by atoms with van der Waals surface area (Å²) >= 11 is 9.29. The number of rotatable bonds is 2. The maximum atomic E-state index is 5.76. The zero-order valence-electron chi connectivity index (χ0n) is 8.65. The van der Waals surface area contributed by atoms with Crippen LogP contribution in [0.15, 0.2) is 0 Å². The molecule has 0 bridgehead atoms. The van der Waals surface area contributed by atoms with Crippen LogP contribution >= 0.6 is 34.7 Å². The second-order valence-corrected chi connectivity index (χ2v) is 6.66. The van der Waals surface area contributed by atoms with Crippen molar-refractivity contribution in [1.82, 2.24) is 15.1 Å². The fraction of sp³-hybridized carbons (Fsp3) is 0.778. The third-order valence-corrected chi connectivity index (χ3v) is 4.60. The van der Waals surface area contributed by atoms with Crippen molar-refractivity contribution in [1.29, 1.82) is 0 Å². The summed E-state index contributed by atoms with van der Waals surface area (Å²) in [7, 11) is 0. The van der Waals surface area contributed by atoms with Gasteiger partial charge in [0.25, 0.3) is 0 Å². The van der Waals surface area contributed by atoms with Gasteiger partial charge in [-0.2, -0.15) is 11.8 Å². The predicted molar refractivity (Wildman–Crippen MR) is 66.7 cm³/mol. The average Bonchev–Trinajstić information content (AvgIpc) is 2.46. The number of aromatic nitrogens is 2. The van der Waals surface area contributed by atoms with E-state index in [9.17, 15) is 0 Å². The molecule has 0 N–H and O–H groups in total. The van der Waals surface area contributed by atoms with Gasteiger partial charge in [0.05, 0.1) is 6.54 Å². The summed E-state index contributed by atoms with van der Waals surface area (Å²) in [4.78, 5) is 2.45. The van der Waals surface area contributed by atoms with Crippen molar-refractivity contribution in [2.75, 3.05) is 24.6 Å². The van der Waals surface area contributed by atoms with E-state index in [1.54, 1.807) is 0 Å². The Bertz CT molecular complexity index is 318. The van der Waals surface area contributed by atoms with Gasteiger partial charge in [-0.3, -0.25) is 4.90 Å². The summed E-state index contributed by atoms with van der Waals surface area (Å²) in [5, 5.41) is 8.91. The van der Waals surface area contributed by atoms with Crippen LogP contribution in [-0.2, 0) is 6.54 Å². The van der Waals surface area contributed by atoms with Crippen LogP contribution in [0.2, 0.25) is 4.47 Å². The van der Waals surface area contributed by atoms with Crippen LogP contribution in [0.4, 0.5) is 0 Å². The Morgan fingerprint density at radius 1 is 1.53 bits per heavy atom. The van der Waals surface area contributed by atoms with Gasteiger partial charge in [-0.05, 0) is 23.3 Å². The normalized spacial score (nSPS) is 24.0. The van der Waals surface area contributed by atoms with E-state index in [1.165, 1.54) is 22.8 Å². The quantitative estimate of drug-likeness (QED) is 0.819. The van der Waals surface area contributed by atoms with Crippen LogP contribution in [0.1, 0.15) is 11.9 Å². The highest BCUT2D eigenvalue weighted by molar-refractivity contribution is 7.99. The van der Waals surface area contributed by atoms with Crippen molar-refractivity contribution in [3.8, 4) is 0 Å². The molecule has 1 aliphatic rings. The van der Waals surface area contributed by atoms with E-state index >= 15 is 0 Å². The molecule has 1 atom stereocenters. The van der Waals surface area contributed by atoms with Crippen molar-refractivity contribution in [2.24, 2.45) is 5.92 Å². The summed E-state index contributed by atoms with van der Waals surface area (Å²) in [5.74, 6) is 3.26. The Balaban J connectivity index is 1.92. The zero-order valence-corrected chi connectivity index (χ0v) is 11.0. The van der Waals surface area contributed by atoms with Gasteiger partial charge < -0.3 is 0 Å². The van der Waals surface area contributed by atoms with Crippen molar-refractivity contribution in [2.45, 2.75) is 13.5 Å². The molecule has 1 aromatic heterocycles. The summed E-state index contributed by atoms with van der Waals surface area (Å²) < 4.78 is 0.544. The van der Waals surface area contributed by atoms with Gasteiger partial charge in [0.1, 0.15) is 5.01 Å². The minimum Gasteiger partial charge on any atom is -0.295 e. The molecule has 0 aromatic carbocycles. The SMILES string of the molecule is CC1CSCCN(Cc2nnc(Cl)s2)C1. The highest BCUT2D eigenvalue weighted by Gasteiger charge is 2.16. The highest BCUT2D eigenvalue weighted by Crippen LogP contribution is 2.20. The van der Waals surface area contributed by atoms with E-state index in [4.69, 9.17) is 11.6 Å². The molecule has 84 valence electrons. The van der Waals surface area contributed by atoms with Gasteiger partial charge in [-0.1, -0.05) is 18.3 Å². The van der Waals surface area contributed by atoms with Gasteiger partial charge in [-0.15, -0.1) is 10.2 Å². The lowest BCUT2D eigenvalue weighted by molar-refractivity contribution is 0.256. The van der Waals surface area contributed by atoms with Crippen LogP contribution in [-0.4, -0.2) is 39.7 Å². The first-order chi connectivity index (χ1) is 7.24. The van der Waals surface area contributed by atoms with E-state index < -0.39 is 0 Å². The van der Waals surface area contributed by atoms with E-state index in [-0.39, 0.29) is 0 Å². The molecule has 1 aliphatic heterocycles. The molecule has 2 heterocycles. The van der Waals surface area contributed by atoms with Crippen molar-refractivity contribution >= 4 is 34.7 Å². The number of hydrogen-bond acceptors (Lipinski definition) is 5. The summed E-state index contributed by atoms with van der Waals surface area (Å²) in [6.07, 6.45) is 0. The van der Waals surface area contributed by atoms with Gasteiger partial charge in [-0.25, -0.2) is 0 Å². The van der Waals surface area contributed by atoms with Crippen LogP contribution in [0.3, 0.4) is 0 Å². The summed E-state index contributed by atoms with van der Waals surface area (Å²) in [6, 6.07) is 0. The molecule has 0 amide bonds. The largest absolute Gasteiger partial charge is 0.295 e. The number of thioether (sulfide) groups is 1. The van der Waals surface area contributed by atoms with Crippen LogP contribution < -0.4 is 0 Å². The predicted octanol–water partition coefficient (Wildman–Crippen LogP) is 2.38. The van der Waals surface area contributed by atoms with E-state index in [0.29, 0.717) is 4.47 Å². The van der Waals surface area contributed by atoms with Crippen LogP contribution in [0.5, 0.6) is 0 Å². The molecule has 1 aromatic rings. The Labute approximate surface area is 103 Å². The van der Waals surface area contributed by atoms with Gasteiger partial charge in [0.2, 0.25) is 4.47 Å². The molecule has 3 nitrogen and oxygen atoms in total. The first kappa shape index (κ1) is 11.6. The minimum absolute atomic E-state index is 0.544. The topological polar surface area (TPSA) is 29.0 Å². The molecule has 0 aliphatic carbocycles. The van der Waals surface area contributed by atoms with E-state index in [1.807, 2.05) is 11.8 Å². The van der Waals surface area contributed by atoms with Crippen molar-refractivity contribution < 1.29 is 0 Å². The maximum absolute atomic E-state index is 5.76. The molecule has 0 spiro atoms. The Kier molecular flexibility index (Phi) is 4.25. The molecule has 1 unspecified atom stereocenters. The third kappa shape index (κ3) is 3.59. The average molecular weight is 264 g/mol. The lowest BCUT2D eigenvalue weighted by atomic mass is 10.2. The second kappa shape index (κ2) is 5.48. The molecular weight excluding hydrogens is 250 g/mol. The highest BCUT2D eigenvalue weighted by atomic mass is 35.5. The van der Waals surface area contributed by atoms with E-state index in [2.05, 4.69) is 22.0 Å². The molecule has 6 heteroatoms. The Morgan fingerprint density at radius 2 is 2.40 bits per heavy atom. The summed E-state index contributed by atoms with van der Waals surface area (Å²) in [6.45, 7) is 5.50. The molecule has 0 radical (unpaired) electrons. The second-order valence-electron chi connectivity index (χ2n) is 3.86.